The lowest BCUT2D eigenvalue weighted by atomic mass is 10.0. The summed E-state index contributed by atoms with van der Waals surface area (Å²) in [5, 5.41) is 3.24. The smallest absolute Gasteiger partial charge is 0.347 e. The van der Waals surface area contributed by atoms with Crippen LogP contribution in [0.15, 0.2) is 158 Å². The Hall–Kier alpha value is -7.60. The van der Waals surface area contributed by atoms with Gasteiger partial charge in [0.1, 0.15) is 24.7 Å². The van der Waals surface area contributed by atoms with E-state index < -0.39 is 36.7 Å². The van der Waals surface area contributed by atoms with Crippen molar-refractivity contribution in [3.63, 3.8) is 0 Å². The third-order valence-corrected chi connectivity index (χ3v) is 8.53. The van der Waals surface area contributed by atoms with Crippen molar-refractivity contribution in [1.82, 2.24) is 15.0 Å². The fraction of sp³-hybridized carbons (Fsp3) is 0.111. The Morgan fingerprint density at radius 1 is 0.614 bits per heavy atom. The predicted molar refractivity (Wildman–Crippen MR) is 215 cm³/mol. The largest absolute Gasteiger partial charge is 0.479 e. The van der Waals surface area contributed by atoms with E-state index >= 15 is 0 Å². The van der Waals surface area contributed by atoms with Crippen molar-refractivity contribution < 1.29 is 33.3 Å². The molecule has 0 bridgehead atoms. The lowest BCUT2D eigenvalue weighted by Gasteiger charge is -2.19. The highest BCUT2D eigenvalue weighted by Gasteiger charge is 2.23. The average molecular weight is 761 g/mol. The van der Waals surface area contributed by atoms with Crippen LogP contribution in [0.2, 0.25) is 0 Å². The molecule has 0 radical (unpaired) electrons. The summed E-state index contributed by atoms with van der Waals surface area (Å²) in [6.07, 6.45) is -0.422. The van der Waals surface area contributed by atoms with Crippen LogP contribution in [0.5, 0.6) is 5.75 Å². The first kappa shape index (κ1) is 39.1. The highest BCUT2D eigenvalue weighted by atomic mass is 16.6. The molecule has 2 unspecified atom stereocenters. The summed E-state index contributed by atoms with van der Waals surface area (Å²) in [7, 11) is 0. The van der Waals surface area contributed by atoms with E-state index in [1.807, 2.05) is 109 Å². The predicted octanol–water partition coefficient (Wildman–Crippen LogP) is 8.74. The van der Waals surface area contributed by atoms with Crippen LogP contribution >= 0.6 is 0 Å². The molecule has 0 fully saturated rings. The van der Waals surface area contributed by atoms with Crippen molar-refractivity contribution in [3.05, 3.63) is 158 Å². The minimum absolute atomic E-state index is 0.0459. The number of esters is 3. The monoisotopic (exact) mass is 760 g/mol. The van der Waals surface area contributed by atoms with E-state index in [-0.39, 0.29) is 23.9 Å². The maximum absolute atomic E-state index is 12.8. The third-order valence-electron chi connectivity index (χ3n) is 8.53. The summed E-state index contributed by atoms with van der Waals surface area (Å²) in [4.78, 5) is 62.8. The summed E-state index contributed by atoms with van der Waals surface area (Å²) in [6, 6.07) is 40.1. The van der Waals surface area contributed by atoms with E-state index in [9.17, 15) is 19.3 Å². The van der Waals surface area contributed by atoms with Gasteiger partial charge in [-0.1, -0.05) is 122 Å². The van der Waals surface area contributed by atoms with Crippen LogP contribution < -0.4 is 4.74 Å². The number of ether oxygens (including phenoxy) is 4. The van der Waals surface area contributed by atoms with Gasteiger partial charge < -0.3 is 18.9 Å². The van der Waals surface area contributed by atoms with Gasteiger partial charge in [-0.15, -0.1) is 4.91 Å². The molecular weight excluding hydrogens is 725 g/mol. The van der Waals surface area contributed by atoms with Crippen LogP contribution in [0.4, 0.5) is 5.69 Å². The number of nitroso groups, excluding NO2 is 1. The average Bonchev–Trinajstić information content (AvgIpc) is 3.27. The number of nitrogens with zero attached hydrogens (tertiary/aromatic N) is 4. The summed E-state index contributed by atoms with van der Waals surface area (Å²) >= 11 is 0. The highest BCUT2D eigenvalue weighted by molar-refractivity contribution is 5.82. The van der Waals surface area contributed by atoms with Crippen LogP contribution in [0.25, 0.3) is 56.4 Å². The lowest BCUT2D eigenvalue weighted by Crippen LogP contribution is -2.33. The van der Waals surface area contributed by atoms with Gasteiger partial charge in [0.15, 0.2) is 29.7 Å². The van der Waals surface area contributed by atoms with Crippen LogP contribution in [0.1, 0.15) is 6.92 Å². The zero-order valence-electron chi connectivity index (χ0n) is 30.8. The maximum Gasteiger partial charge on any atom is 0.347 e. The Morgan fingerprint density at radius 3 is 1.60 bits per heavy atom. The summed E-state index contributed by atoms with van der Waals surface area (Å²) in [5.41, 5.74) is 5.90. The molecule has 0 saturated carbocycles. The van der Waals surface area contributed by atoms with Gasteiger partial charge >= 0.3 is 17.9 Å². The molecule has 0 aliphatic carbocycles. The van der Waals surface area contributed by atoms with Crippen molar-refractivity contribution in [2.24, 2.45) is 5.18 Å². The van der Waals surface area contributed by atoms with Crippen molar-refractivity contribution in [2.45, 2.75) is 19.1 Å². The quantitative estimate of drug-likeness (QED) is 0.0402. The molecule has 1 aromatic heterocycles. The van der Waals surface area contributed by atoms with Gasteiger partial charge in [-0.05, 0) is 46.5 Å². The third kappa shape index (κ3) is 10.1. The van der Waals surface area contributed by atoms with E-state index in [0.29, 0.717) is 17.2 Å². The molecule has 6 rings (SSSR count). The van der Waals surface area contributed by atoms with Crippen molar-refractivity contribution in [1.29, 1.82) is 0 Å². The molecule has 0 N–H and O–H groups in total. The minimum Gasteiger partial charge on any atom is -0.479 e. The second-order valence-corrected chi connectivity index (χ2v) is 12.5. The summed E-state index contributed by atoms with van der Waals surface area (Å²) in [6.45, 7) is 7.24. The Bertz CT molecular complexity index is 2280. The number of hydrogen-bond acceptors (Lipinski definition) is 12. The molecule has 57 heavy (non-hydrogen) atoms. The van der Waals surface area contributed by atoms with Crippen LogP contribution in [0.3, 0.4) is 0 Å². The highest BCUT2D eigenvalue weighted by Crippen LogP contribution is 2.35. The first-order chi connectivity index (χ1) is 27.7. The molecule has 12 heteroatoms. The molecule has 2 atom stereocenters. The Kier molecular flexibility index (Phi) is 12.8. The van der Waals surface area contributed by atoms with E-state index in [1.54, 1.807) is 12.1 Å². The van der Waals surface area contributed by atoms with Crippen LogP contribution in [-0.4, -0.2) is 58.3 Å². The Labute approximate surface area is 328 Å². The molecule has 0 aliphatic rings. The fourth-order valence-corrected chi connectivity index (χ4v) is 5.60. The van der Waals surface area contributed by atoms with Gasteiger partial charge in [0.2, 0.25) is 0 Å². The van der Waals surface area contributed by atoms with Crippen molar-refractivity contribution in [3.8, 4) is 62.2 Å². The molecular formula is C45H36N4O8. The van der Waals surface area contributed by atoms with Crippen molar-refractivity contribution >= 4 is 23.6 Å². The maximum atomic E-state index is 12.8. The van der Waals surface area contributed by atoms with Gasteiger partial charge in [0.05, 0.1) is 0 Å². The van der Waals surface area contributed by atoms with Gasteiger partial charge in [-0.3, -0.25) is 0 Å². The zero-order chi connectivity index (χ0) is 40.1. The van der Waals surface area contributed by atoms with Gasteiger partial charge in [-0.25, -0.2) is 29.3 Å². The lowest BCUT2D eigenvalue weighted by molar-refractivity contribution is -0.165. The standard InChI is InChI=1S/C45H36N4O8/c1-4-40(50)54-27-37(57-41(51)5-2)28-55-45(52)29(3)56-36-24-25-38(39(26-36)49-53)44-47-42(34-20-16-32(17-21-34)30-12-8-6-9-13-30)46-43(48-44)35-22-18-33(19-23-35)31-14-10-7-11-15-31/h4-26,29,37H,1-2,27-28H2,3H3. The second kappa shape index (κ2) is 18.6. The molecule has 1 heterocycles. The number of rotatable bonds is 16. The molecule has 0 amide bonds. The van der Waals surface area contributed by atoms with E-state index in [4.69, 9.17) is 33.9 Å². The molecule has 12 nitrogen and oxygen atoms in total. The van der Waals surface area contributed by atoms with Crippen LogP contribution in [-0.2, 0) is 28.6 Å². The SMILES string of the molecule is C=CC(=O)OCC(COC(=O)C(C)Oc1ccc(-c2nc(-c3ccc(-c4ccccc4)cc3)nc(-c3ccc(-c4ccccc4)cc3)n2)c(N=O)c1)OC(=O)C=C. The van der Waals surface area contributed by atoms with E-state index in [2.05, 4.69) is 18.3 Å². The first-order valence-electron chi connectivity index (χ1n) is 17.8. The minimum atomic E-state index is -1.17. The molecule has 0 spiro atoms. The van der Waals surface area contributed by atoms with Crippen LogP contribution in [0, 0.1) is 4.91 Å². The first-order valence-corrected chi connectivity index (χ1v) is 17.8. The summed E-state index contributed by atoms with van der Waals surface area (Å²) in [5.74, 6) is -1.28. The number of aromatic nitrogens is 3. The normalized spacial score (nSPS) is 11.7. The molecule has 284 valence electrons. The number of hydrogen-bond donors (Lipinski definition) is 0. The van der Waals surface area contributed by atoms with Gasteiger partial charge in [0, 0.05) is 34.9 Å². The summed E-state index contributed by atoms with van der Waals surface area (Å²) < 4.78 is 21.1. The van der Waals surface area contributed by atoms with E-state index in [1.165, 1.54) is 13.0 Å². The molecule has 5 aromatic carbocycles. The molecule has 0 aliphatic heterocycles. The van der Waals surface area contributed by atoms with Gasteiger partial charge in [-0.2, -0.15) is 0 Å². The Morgan fingerprint density at radius 2 is 1.09 bits per heavy atom. The topological polar surface area (TPSA) is 156 Å². The van der Waals surface area contributed by atoms with Gasteiger partial charge in [0.25, 0.3) is 0 Å². The molecule has 6 aromatic rings. The number of benzene rings is 5. The van der Waals surface area contributed by atoms with E-state index in [0.717, 1.165) is 45.5 Å². The molecule has 0 saturated heterocycles. The zero-order valence-corrected chi connectivity index (χ0v) is 30.8. The fourth-order valence-electron chi connectivity index (χ4n) is 5.60. The number of carbonyl (C=O) groups is 3. The number of carbonyl (C=O) groups excluding carboxylic acids is 3. The second-order valence-electron chi connectivity index (χ2n) is 12.5. The van der Waals surface area contributed by atoms with Crippen molar-refractivity contribution in [2.75, 3.05) is 13.2 Å². The Balaban J connectivity index is 1.26.